The zero-order valence-corrected chi connectivity index (χ0v) is 10.0. The maximum Gasteiger partial charge on any atom is 0.231 e. The minimum absolute atomic E-state index is 0.346. The Kier molecular flexibility index (Phi) is 3.70. The van der Waals surface area contributed by atoms with Crippen LogP contribution < -0.4 is 0 Å². The van der Waals surface area contributed by atoms with Crippen molar-refractivity contribution in [3.63, 3.8) is 0 Å². The van der Waals surface area contributed by atoms with Gasteiger partial charge in [0, 0.05) is 11.1 Å². The largest absolute Gasteiger partial charge is 0.281 e. The minimum atomic E-state index is -0.355. The Balaban J connectivity index is 2.22. The lowest BCUT2D eigenvalue weighted by Gasteiger charge is -2.10. The highest BCUT2D eigenvalue weighted by molar-refractivity contribution is 7.09. The molecule has 1 unspecified atom stereocenters. The molecule has 2 heterocycles. The molecule has 0 aliphatic carbocycles. The van der Waals surface area contributed by atoms with E-state index in [0.717, 1.165) is 10.6 Å². The van der Waals surface area contributed by atoms with Gasteiger partial charge in [-0.3, -0.25) is 9.78 Å². The number of thiophene rings is 1. The molecule has 0 saturated heterocycles. The number of pyridine rings is 1. The predicted octanol–water partition coefficient (Wildman–Crippen LogP) is 3.23. The number of rotatable bonds is 4. The van der Waals surface area contributed by atoms with Gasteiger partial charge < -0.3 is 0 Å². The molecule has 0 N–H and O–H groups in total. The van der Waals surface area contributed by atoms with Gasteiger partial charge in [0.1, 0.15) is 0 Å². The monoisotopic (exact) mass is 251 g/mol. The van der Waals surface area contributed by atoms with Crippen LogP contribution in [-0.2, 0) is 11.2 Å². The zero-order chi connectivity index (χ0) is 11.4. The summed E-state index contributed by atoms with van der Waals surface area (Å²) in [5.74, 6) is -0.346. The first-order valence-corrected chi connectivity index (χ1v) is 6.16. The molecular weight excluding hydrogens is 242 g/mol. The first-order valence-electron chi connectivity index (χ1n) is 4.90. The van der Waals surface area contributed by atoms with Crippen molar-refractivity contribution in [1.29, 1.82) is 0 Å². The lowest BCUT2D eigenvalue weighted by Crippen LogP contribution is -2.11. The second-order valence-electron chi connectivity index (χ2n) is 3.39. The molecule has 0 fully saturated rings. The number of hydrogen-bond acceptors (Lipinski definition) is 3. The van der Waals surface area contributed by atoms with Gasteiger partial charge in [-0.05, 0) is 41.6 Å². The second-order valence-corrected chi connectivity index (χ2v) is 4.80. The molecule has 0 aromatic carbocycles. The van der Waals surface area contributed by atoms with E-state index in [1.54, 1.807) is 17.5 Å². The Bertz CT molecular complexity index is 455. The Morgan fingerprint density at radius 2 is 2.25 bits per heavy atom. The fourth-order valence-electron chi connectivity index (χ4n) is 1.51. The molecule has 0 amide bonds. The molecule has 2 nitrogen and oxygen atoms in total. The van der Waals surface area contributed by atoms with Crippen LogP contribution >= 0.6 is 22.9 Å². The van der Waals surface area contributed by atoms with E-state index in [9.17, 15) is 4.79 Å². The molecule has 16 heavy (non-hydrogen) atoms. The lowest BCUT2D eigenvalue weighted by atomic mass is 10.0. The van der Waals surface area contributed by atoms with Crippen molar-refractivity contribution in [3.8, 4) is 0 Å². The Morgan fingerprint density at radius 1 is 1.38 bits per heavy atom. The molecule has 0 bridgehead atoms. The highest BCUT2D eigenvalue weighted by Crippen LogP contribution is 2.24. The molecule has 0 aliphatic heterocycles. The van der Waals surface area contributed by atoms with Gasteiger partial charge in [0.05, 0.1) is 11.6 Å². The van der Waals surface area contributed by atoms with Gasteiger partial charge in [-0.15, -0.1) is 11.3 Å². The molecule has 0 aliphatic rings. The van der Waals surface area contributed by atoms with Crippen LogP contribution in [0.5, 0.6) is 0 Å². The van der Waals surface area contributed by atoms with E-state index >= 15 is 0 Å². The van der Waals surface area contributed by atoms with E-state index in [1.807, 2.05) is 35.7 Å². The summed E-state index contributed by atoms with van der Waals surface area (Å²) in [5, 5.41) is 1.64. The van der Waals surface area contributed by atoms with Crippen LogP contribution in [0.25, 0.3) is 0 Å². The molecule has 2 aromatic heterocycles. The van der Waals surface area contributed by atoms with Crippen LogP contribution in [0, 0.1) is 0 Å². The average Bonchev–Trinajstić information content (AvgIpc) is 2.79. The van der Waals surface area contributed by atoms with E-state index in [0.29, 0.717) is 6.42 Å². The topological polar surface area (TPSA) is 30.0 Å². The van der Waals surface area contributed by atoms with Crippen molar-refractivity contribution in [3.05, 3.63) is 52.5 Å². The van der Waals surface area contributed by atoms with E-state index in [4.69, 9.17) is 11.6 Å². The summed E-state index contributed by atoms with van der Waals surface area (Å²) in [4.78, 5) is 16.7. The Hall–Kier alpha value is -1.19. The third kappa shape index (κ3) is 2.68. The van der Waals surface area contributed by atoms with E-state index in [-0.39, 0.29) is 11.2 Å². The van der Waals surface area contributed by atoms with Crippen molar-refractivity contribution >= 4 is 28.2 Å². The molecule has 0 spiro atoms. The highest BCUT2D eigenvalue weighted by atomic mass is 35.5. The van der Waals surface area contributed by atoms with Crippen molar-refractivity contribution in [2.75, 3.05) is 0 Å². The summed E-state index contributed by atoms with van der Waals surface area (Å²) in [6.45, 7) is 0. The second kappa shape index (κ2) is 5.23. The van der Waals surface area contributed by atoms with Gasteiger partial charge in [-0.2, -0.15) is 0 Å². The summed E-state index contributed by atoms with van der Waals surface area (Å²) in [7, 11) is 0. The van der Waals surface area contributed by atoms with Crippen LogP contribution in [0.1, 0.15) is 16.5 Å². The first-order chi connectivity index (χ1) is 7.77. The summed E-state index contributed by atoms with van der Waals surface area (Å²) < 4.78 is 0. The van der Waals surface area contributed by atoms with Crippen LogP contribution in [-0.4, -0.2) is 10.2 Å². The molecule has 4 heteroatoms. The van der Waals surface area contributed by atoms with E-state index in [1.165, 1.54) is 0 Å². The Labute approximate surface area is 103 Å². The van der Waals surface area contributed by atoms with Gasteiger partial charge in [-0.25, -0.2) is 0 Å². The molecular formula is C12H10ClNOS. The van der Waals surface area contributed by atoms with Gasteiger partial charge in [0.25, 0.3) is 0 Å². The van der Waals surface area contributed by atoms with E-state index < -0.39 is 0 Å². The van der Waals surface area contributed by atoms with Gasteiger partial charge in [0.15, 0.2) is 0 Å². The molecule has 2 aromatic rings. The third-order valence-electron chi connectivity index (χ3n) is 2.30. The number of hydrogen-bond donors (Lipinski definition) is 0. The Morgan fingerprint density at radius 3 is 2.81 bits per heavy atom. The smallest absolute Gasteiger partial charge is 0.231 e. The lowest BCUT2D eigenvalue weighted by molar-refractivity contribution is -0.113. The summed E-state index contributed by atoms with van der Waals surface area (Å²) in [5.41, 5.74) is 0.732. The number of halogens is 1. The average molecular weight is 252 g/mol. The minimum Gasteiger partial charge on any atom is -0.281 e. The van der Waals surface area contributed by atoms with Crippen LogP contribution in [0.4, 0.5) is 0 Å². The van der Waals surface area contributed by atoms with Crippen molar-refractivity contribution in [1.82, 2.24) is 4.98 Å². The standard InChI is InChI=1S/C12H10ClNOS/c13-12(15)10(8-9-4-3-7-16-9)11-5-1-2-6-14-11/h1-7,10H,8H2. The van der Waals surface area contributed by atoms with Crippen molar-refractivity contribution in [2.24, 2.45) is 0 Å². The predicted molar refractivity (Wildman–Crippen MR) is 65.9 cm³/mol. The molecule has 82 valence electrons. The van der Waals surface area contributed by atoms with Crippen molar-refractivity contribution < 1.29 is 4.79 Å². The maximum atomic E-state index is 11.4. The normalized spacial score (nSPS) is 12.3. The van der Waals surface area contributed by atoms with Gasteiger partial charge in [0.2, 0.25) is 5.24 Å². The summed E-state index contributed by atoms with van der Waals surface area (Å²) in [6.07, 6.45) is 2.30. The first kappa shape index (κ1) is 11.3. The van der Waals surface area contributed by atoms with Crippen molar-refractivity contribution in [2.45, 2.75) is 12.3 Å². The molecule has 1 atom stereocenters. The maximum absolute atomic E-state index is 11.4. The van der Waals surface area contributed by atoms with Gasteiger partial charge >= 0.3 is 0 Å². The number of carbonyl (C=O) groups is 1. The molecule has 0 radical (unpaired) electrons. The molecule has 0 saturated carbocycles. The number of carbonyl (C=O) groups excluding carboxylic acids is 1. The van der Waals surface area contributed by atoms with Crippen LogP contribution in [0.15, 0.2) is 41.9 Å². The fraction of sp³-hybridized carbons (Fsp3) is 0.167. The number of aromatic nitrogens is 1. The van der Waals surface area contributed by atoms with Crippen LogP contribution in [0.3, 0.4) is 0 Å². The van der Waals surface area contributed by atoms with Gasteiger partial charge in [-0.1, -0.05) is 12.1 Å². The third-order valence-corrected chi connectivity index (χ3v) is 3.47. The highest BCUT2D eigenvalue weighted by Gasteiger charge is 2.20. The zero-order valence-electron chi connectivity index (χ0n) is 8.47. The SMILES string of the molecule is O=C(Cl)C(Cc1cccs1)c1ccccn1. The quantitative estimate of drug-likeness (QED) is 0.781. The summed E-state index contributed by atoms with van der Waals surface area (Å²) in [6, 6.07) is 9.49. The molecule has 2 rings (SSSR count). The summed E-state index contributed by atoms with van der Waals surface area (Å²) >= 11 is 7.25. The van der Waals surface area contributed by atoms with Crippen LogP contribution in [0.2, 0.25) is 0 Å². The number of nitrogens with zero attached hydrogens (tertiary/aromatic N) is 1. The van der Waals surface area contributed by atoms with E-state index in [2.05, 4.69) is 4.98 Å². The fourth-order valence-corrected chi connectivity index (χ4v) is 2.45.